The second-order valence-electron chi connectivity index (χ2n) is 4.22. The van der Waals surface area contributed by atoms with Crippen molar-refractivity contribution >= 4 is 35.1 Å². The molecule has 0 aromatic carbocycles. The Bertz CT molecular complexity index is 560. The molecule has 1 aromatic heterocycles. The summed E-state index contributed by atoms with van der Waals surface area (Å²) in [7, 11) is 0. The maximum Gasteiger partial charge on any atom is 0.256 e. The first-order valence-corrected chi connectivity index (χ1v) is 6.40. The normalized spacial score (nSPS) is 15.0. The first kappa shape index (κ1) is 14.3. The fourth-order valence-corrected chi connectivity index (χ4v) is 2.05. The minimum absolute atomic E-state index is 0.156. The molecule has 0 unspecified atom stereocenters. The number of nitrogens with one attached hydrogen (secondary N) is 2. The first-order valence-electron chi connectivity index (χ1n) is 6.02. The number of pyridine rings is 1. The highest BCUT2D eigenvalue weighted by atomic mass is 35.5. The van der Waals surface area contributed by atoms with Crippen molar-refractivity contribution in [2.45, 2.75) is 6.92 Å². The molecule has 8 heteroatoms. The zero-order chi connectivity index (χ0) is 14.7. The van der Waals surface area contributed by atoms with E-state index in [1.807, 2.05) is 6.92 Å². The van der Waals surface area contributed by atoms with Crippen LogP contribution in [0.4, 0.5) is 5.82 Å². The molecule has 0 saturated carbocycles. The summed E-state index contributed by atoms with van der Waals surface area (Å²) in [5, 5.41) is 5.39. The number of nitrogens with zero attached hydrogens (tertiary/aromatic N) is 2. The lowest BCUT2D eigenvalue weighted by atomic mass is 10.2. The highest BCUT2D eigenvalue weighted by molar-refractivity contribution is 6.33. The van der Waals surface area contributed by atoms with Crippen LogP contribution in [0.3, 0.4) is 0 Å². The molecule has 0 radical (unpaired) electrons. The van der Waals surface area contributed by atoms with Crippen LogP contribution in [-0.2, 0) is 9.59 Å². The summed E-state index contributed by atoms with van der Waals surface area (Å²) in [6.07, 6.45) is 1.36. The highest BCUT2D eigenvalue weighted by Crippen LogP contribution is 2.20. The van der Waals surface area contributed by atoms with Gasteiger partial charge in [-0.3, -0.25) is 19.7 Å². The SMILES string of the molecule is CCNc1ncc(C(=O)N2CC(=O)NC(=O)C2)cc1Cl. The molecule has 0 spiro atoms. The maximum absolute atomic E-state index is 12.2. The molecule has 2 rings (SSSR count). The molecule has 2 heterocycles. The lowest BCUT2D eigenvalue weighted by molar-refractivity contribution is -0.135. The van der Waals surface area contributed by atoms with Crippen molar-refractivity contribution in [3.63, 3.8) is 0 Å². The number of aromatic nitrogens is 1. The predicted molar refractivity (Wildman–Crippen MR) is 72.5 cm³/mol. The Morgan fingerprint density at radius 1 is 1.45 bits per heavy atom. The van der Waals surface area contributed by atoms with Gasteiger partial charge in [-0.1, -0.05) is 11.6 Å². The second kappa shape index (κ2) is 5.87. The molecule has 1 aliphatic heterocycles. The standard InChI is InChI=1S/C12H13ClN4O3/c1-2-14-11-8(13)3-7(4-15-11)12(20)17-5-9(18)16-10(19)6-17/h3-4H,2,5-6H2,1H3,(H,14,15)(H,16,18,19). The van der Waals surface area contributed by atoms with Crippen LogP contribution >= 0.6 is 11.6 Å². The summed E-state index contributed by atoms with van der Waals surface area (Å²) >= 11 is 6.01. The molecule has 20 heavy (non-hydrogen) atoms. The third kappa shape index (κ3) is 3.05. The van der Waals surface area contributed by atoms with Gasteiger partial charge in [-0.15, -0.1) is 0 Å². The van der Waals surface area contributed by atoms with E-state index in [0.29, 0.717) is 17.4 Å². The van der Waals surface area contributed by atoms with Crippen LogP contribution in [0, 0.1) is 0 Å². The molecule has 106 valence electrons. The van der Waals surface area contributed by atoms with Gasteiger partial charge in [-0.25, -0.2) is 4.98 Å². The Balaban J connectivity index is 2.18. The lowest BCUT2D eigenvalue weighted by Crippen LogP contribution is -2.53. The number of imide groups is 1. The van der Waals surface area contributed by atoms with Gasteiger partial charge in [0.05, 0.1) is 10.6 Å². The zero-order valence-corrected chi connectivity index (χ0v) is 11.5. The van der Waals surface area contributed by atoms with E-state index in [1.165, 1.54) is 12.3 Å². The first-order chi connectivity index (χ1) is 9.51. The second-order valence-corrected chi connectivity index (χ2v) is 4.62. The number of hydrogen-bond donors (Lipinski definition) is 2. The Labute approximate surface area is 120 Å². The molecule has 1 aromatic rings. The highest BCUT2D eigenvalue weighted by Gasteiger charge is 2.27. The van der Waals surface area contributed by atoms with Crippen LogP contribution in [0.25, 0.3) is 0 Å². The summed E-state index contributed by atoms with van der Waals surface area (Å²) in [5.41, 5.74) is 0.235. The average Bonchev–Trinajstić information content (AvgIpc) is 2.39. The van der Waals surface area contributed by atoms with Gasteiger partial charge in [0, 0.05) is 12.7 Å². The summed E-state index contributed by atoms with van der Waals surface area (Å²) in [6, 6.07) is 1.46. The number of rotatable bonds is 3. The molecule has 7 nitrogen and oxygen atoms in total. The fraction of sp³-hybridized carbons (Fsp3) is 0.333. The molecule has 1 saturated heterocycles. The minimum Gasteiger partial charge on any atom is -0.369 e. The summed E-state index contributed by atoms with van der Waals surface area (Å²) < 4.78 is 0. The average molecular weight is 297 g/mol. The van der Waals surface area contributed by atoms with E-state index in [-0.39, 0.29) is 18.7 Å². The van der Waals surface area contributed by atoms with E-state index in [0.717, 1.165) is 4.90 Å². The Kier molecular flexibility index (Phi) is 4.19. The van der Waals surface area contributed by atoms with Crippen LogP contribution in [0.1, 0.15) is 17.3 Å². The summed E-state index contributed by atoms with van der Waals surface area (Å²) in [4.78, 5) is 39.9. The van der Waals surface area contributed by atoms with Crippen LogP contribution in [0.15, 0.2) is 12.3 Å². The Hall–Kier alpha value is -2.15. The molecule has 3 amide bonds. The van der Waals surface area contributed by atoms with E-state index in [9.17, 15) is 14.4 Å². The van der Waals surface area contributed by atoms with Gasteiger partial charge in [0.15, 0.2) is 0 Å². The number of amides is 3. The van der Waals surface area contributed by atoms with Gasteiger partial charge in [-0.05, 0) is 13.0 Å². The zero-order valence-electron chi connectivity index (χ0n) is 10.8. The number of piperazine rings is 1. The van der Waals surface area contributed by atoms with Crippen LogP contribution < -0.4 is 10.6 Å². The van der Waals surface area contributed by atoms with Crippen LogP contribution in [0.2, 0.25) is 5.02 Å². The molecule has 0 aliphatic carbocycles. The lowest BCUT2D eigenvalue weighted by Gasteiger charge is -2.25. The Morgan fingerprint density at radius 2 is 2.10 bits per heavy atom. The quantitative estimate of drug-likeness (QED) is 0.781. The predicted octanol–water partition coefficient (Wildman–Crippen LogP) is 0.265. The molecule has 0 atom stereocenters. The van der Waals surface area contributed by atoms with E-state index < -0.39 is 17.7 Å². The summed E-state index contributed by atoms with van der Waals surface area (Å²) in [6.45, 7) is 2.24. The molecular weight excluding hydrogens is 284 g/mol. The van der Waals surface area contributed by atoms with Gasteiger partial charge in [0.1, 0.15) is 18.9 Å². The third-order valence-electron chi connectivity index (χ3n) is 2.67. The third-order valence-corrected chi connectivity index (χ3v) is 2.96. The van der Waals surface area contributed by atoms with Gasteiger partial charge in [0.25, 0.3) is 5.91 Å². The minimum atomic E-state index is -0.502. The number of carbonyl (C=O) groups excluding carboxylic acids is 3. The van der Waals surface area contributed by atoms with Gasteiger partial charge in [-0.2, -0.15) is 0 Å². The fourth-order valence-electron chi connectivity index (χ4n) is 1.82. The van der Waals surface area contributed by atoms with Crippen molar-refractivity contribution < 1.29 is 14.4 Å². The van der Waals surface area contributed by atoms with E-state index >= 15 is 0 Å². The van der Waals surface area contributed by atoms with Crippen molar-refractivity contribution in [1.82, 2.24) is 15.2 Å². The maximum atomic E-state index is 12.2. The summed E-state index contributed by atoms with van der Waals surface area (Å²) in [5.74, 6) is -0.973. The van der Waals surface area contributed by atoms with Crippen molar-refractivity contribution in [3.8, 4) is 0 Å². The van der Waals surface area contributed by atoms with Crippen molar-refractivity contribution in [3.05, 3.63) is 22.8 Å². The van der Waals surface area contributed by atoms with Crippen LogP contribution in [0.5, 0.6) is 0 Å². The molecule has 2 N–H and O–H groups in total. The van der Waals surface area contributed by atoms with E-state index in [4.69, 9.17) is 11.6 Å². The van der Waals surface area contributed by atoms with Crippen molar-refractivity contribution in [1.29, 1.82) is 0 Å². The topological polar surface area (TPSA) is 91.4 Å². The molecule has 1 fully saturated rings. The molecule has 0 bridgehead atoms. The van der Waals surface area contributed by atoms with Crippen molar-refractivity contribution in [2.75, 3.05) is 25.0 Å². The van der Waals surface area contributed by atoms with E-state index in [2.05, 4.69) is 15.6 Å². The number of hydrogen-bond acceptors (Lipinski definition) is 5. The number of anilines is 1. The van der Waals surface area contributed by atoms with Gasteiger partial charge in [0.2, 0.25) is 11.8 Å². The smallest absolute Gasteiger partial charge is 0.256 e. The number of carbonyl (C=O) groups is 3. The number of halogens is 1. The van der Waals surface area contributed by atoms with Gasteiger partial charge < -0.3 is 10.2 Å². The van der Waals surface area contributed by atoms with Gasteiger partial charge >= 0.3 is 0 Å². The van der Waals surface area contributed by atoms with Crippen LogP contribution in [-0.4, -0.2) is 47.2 Å². The van der Waals surface area contributed by atoms with E-state index in [1.54, 1.807) is 0 Å². The molecular formula is C12H13ClN4O3. The monoisotopic (exact) mass is 296 g/mol. The molecule has 1 aliphatic rings. The largest absolute Gasteiger partial charge is 0.369 e. The Morgan fingerprint density at radius 3 is 2.65 bits per heavy atom. The van der Waals surface area contributed by atoms with Crippen molar-refractivity contribution in [2.24, 2.45) is 0 Å².